The molecule has 0 N–H and O–H groups in total. The maximum Gasteiger partial charge on any atom is 0.308 e. The van der Waals surface area contributed by atoms with Gasteiger partial charge in [-0.15, -0.1) is 0 Å². The van der Waals surface area contributed by atoms with Crippen molar-refractivity contribution in [1.29, 1.82) is 0 Å². The van der Waals surface area contributed by atoms with Crippen molar-refractivity contribution in [2.24, 2.45) is 5.92 Å². The summed E-state index contributed by atoms with van der Waals surface area (Å²) in [6.45, 7) is 6.53. The van der Waals surface area contributed by atoms with Crippen molar-refractivity contribution in [2.75, 3.05) is 32.9 Å². The average Bonchev–Trinajstić information content (AvgIpc) is 2.85. The summed E-state index contributed by atoms with van der Waals surface area (Å²) >= 11 is 0. The van der Waals surface area contributed by atoms with Crippen molar-refractivity contribution in [1.82, 2.24) is 4.90 Å². The molecule has 1 amide bonds. The molecule has 0 bridgehead atoms. The molecule has 0 radical (unpaired) electrons. The summed E-state index contributed by atoms with van der Waals surface area (Å²) in [7, 11) is 0. The Kier molecular flexibility index (Phi) is 6.72. The van der Waals surface area contributed by atoms with Gasteiger partial charge in [-0.2, -0.15) is 0 Å². The molecule has 0 unspecified atom stereocenters. The Morgan fingerprint density at radius 1 is 1.22 bits per heavy atom. The molecule has 0 spiro atoms. The highest BCUT2D eigenvalue weighted by Crippen LogP contribution is 2.07. The van der Waals surface area contributed by atoms with Crippen LogP contribution in [0.3, 0.4) is 0 Å². The number of hydrogen-bond acceptors (Lipinski definition) is 4. The first kappa shape index (κ1) is 15.0. The molecule has 0 saturated carbocycles. The first-order valence-corrected chi connectivity index (χ1v) is 6.60. The second-order valence-electron chi connectivity index (χ2n) is 4.97. The van der Waals surface area contributed by atoms with E-state index in [0.717, 1.165) is 25.9 Å². The summed E-state index contributed by atoms with van der Waals surface area (Å²) < 4.78 is 10.2. The fraction of sp³-hybridized carbons (Fsp3) is 0.846. The molecular formula is C13H23NO4. The molecule has 0 aromatic rings. The van der Waals surface area contributed by atoms with Crippen LogP contribution in [0.1, 0.15) is 33.1 Å². The van der Waals surface area contributed by atoms with E-state index in [1.54, 1.807) is 4.90 Å². The Morgan fingerprint density at radius 2 is 1.89 bits per heavy atom. The Labute approximate surface area is 108 Å². The first-order valence-electron chi connectivity index (χ1n) is 6.60. The predicted molar refractivity (Wildman–Crippen MR) is 67.0 cm³/mol. The molecule has 1 rings (SSSR count). The van der Waals surface area contributed by atoms with Crippen LogP contribution >= 0.6 is 0 Å². The van der Waals surface area contributed by atoms with Crippen LogP contribution in [0, 0.1) is 5.92 Å². The maximum atomic E-state index is 11.6. The van der Waals surface area contributed by atoms with Crippen LogP contribution in [-0.4, -0.2) is 49.7 Å². The number of nitrogens with zero attached hydrogens (tertiary/aromatic N) is 1. The smallest absolute Gasteiger partial charge is 0.308 e. The Balaban J connectivity index is 2.03. The van der Waals surface area contributed by atoms with E-state index in [0.29, 0.717) is 19.1 Å². The summed E-state index contributed by atoms with van der Waals surface area (Å²) in [6, 6.07) is 0. The largest absolute Gasteiger partial charge is 0.455 e. The summed E-state index contributed by atoms with van der Waals surface area (Å²) in [4.78, 5) is 24.7. The summed E-state index contributed by atoms with van der Waals surface area (Å²) in [6.07, 6.45) is 2.30. The Morgan fingerprint density at radius 3 is 2.50 bits per heavy atom. The van der Waals surface area contributed by atoms with Gasteiger partial charge in [-0.1, -0.05) is 13.8 Å². The number of rotatable bonds is 7. The van der Waals surface area contributed by atoms with Gasteiger partial charge in [0.15, 0.2) is 6.61 Å². The zero-order valence-electron chi connectivity index (χ0n) is 11.3. The van der Waals surface area contributed by atoms with Crippen molar-refractivity contribution >= 4 is 11.9 Å². The number of amides is 1. The first-order chi connectivity index (χ1) is 8.59. The lowest BCUT2D eigenvalue weighted by atomic mass is 10.2. The standard InChI is InChI=1S/C13H23NO4/c1-11(2)9-17-8-5-13(16)18-10-12(15)14-6-3-4-7-14/h11H,3-10H2,1-2H3. The highest BCUT2D eigenvalue weighted by Gasteiger charge is 2.18. The van der Waals surface area contributed by atoms with Gasteiger partial charge in [0.2, 0.25) is 0 Å². The molecule has 5 heteroatoms. The summed E-state index contributed by atoms with van der Waals surface area (Å²) in [5, 5.41) is 0. The van der Waals surface area contributed by atoms with Crippen molar-refractivity contribution in [3.05, 3.63) is 0 Å². The van der Waals surface area contributed by atoms with E-state index >= 15 is 0 Å². The van der Waals surface area contributed by atoms with E-state index < -0.39 is 0 Å². The van der Waals surface area contributed by atoms with Gasteiger partial charge in [-0.25, -0.2) is 0 Å². The van der Waals surface area contributed by atoms with Gasteiger partial charge >= 0.3 is 5.97 Å². The van der Waals surface area contributed by atoms with Crippen molar-refractivity contribution in [2.45, 2.75) is 33.1 Å². The molecule has 0 aromatic carbocycles. The third-order valence-electron chi connectivity index (χ3n) is 2.72. The van der Waals surface area contributed by atoms with E-state index in [1.165, 1.54) is 0 Å². The van der Waals surface area contributed by atoms with E-state index in [2.05, 4.69) is 0 Å². The van der Waals surface area contributed by atoms with Gasteiger partial charge in [0.1, 0.15) is 0 Å². The van der Waals surface area contributed by atoms with Crippen LogP contribution in [0.15, 0.2) is 0 Å². The summed E-state index contributed by atoms with van der Waals surface area (Å²) in [5.41, 5.74) is 0. The van der Waals surface area contributed by atoms with E-state index in [-0.39, 0.29) is 24.9 Å². The van der Waals surface area contributed by atoms with Crippen molar-refractivity contribution < 1.29 is 19.1 Å². The number of esters is 1. The molecule has 1 saturated heterocycles. The van der Waals surface area contributed by atoms with Crippen LogP contribution in [-0.2, 0) is 19.1 Å². The summed E-state index contributed by atoms with van der Waals surface area (Å²) in [5.74, 6) is -0.00647. The quantitative estimate of drug-likeness (QED) is 0.508. The second-order valence-corrected chi connectivity index (χ2v) is 4.97. The number of hydrogen-bond donors (Lipinski definition) is 0. The fourth-order valence-corrected chi connectivity index (χ4v) is 1.75. The highest BCUT2D eigenvalue weighted by atomic mass is 16.5. The zero-order chi connectivity index (χ0) is 13.4. The van der Waals surface area contributed by atoms with Crippen molar-refractivity contribution in [3.63, 3.8) is 0 Å². The fourth-order valence-electron chi connectivity index (χ4n) is 1.75. The number of carbonyl (C=O) groups is 2. The zero-order valence-corrected chi connectivity index (χ0v) is 11.3. The van der Waals surface area contributed by atoms with Crippen LogP contribution in [0.2, 0.25) is 0 Å². The molecular weight excluding hydrogens is 234 g/mol. The number of likely N-dealkylation sites (tertiary alicyclic amines) is 1. The second kappa shape index (κ2) is 8.08. The monoisotopic (exact) mass is 257 g/mol. The third kappa shape index (κ3) is 6.00. The molecule has 1 fully saturated rings. The molecule has 0 aliphatic carbocycles. The highest BCUT2D eigenvalue weighted by molar-refractivity contribution is 5.80. The molecule has 18 heavy (non-hydrogen) atoms. The lowest BCUT2D eigenvalue weighted by Gasteiger charge is -2.14. The van der Waals surface area contributed by atoms with Crippen LogP contribution in [0.25, 0.3) is 0 Å². The predicted octanol–water partition coefficient (Wildman–Crippen LogP) is 1.21. The average molecular weight is 257 g/mol. The van der Waals surface area contributed by atoms with Gasteiger partial charge in [0.05, 0.1) is 13.0 Å². The molecule has 1 heterocycles. The van der Waals surface area contributed by atoms with Gasteiger partial charge in [0.25, 0.3) is 5.91 Å². The SMILES string of the molecule is CC(C)COCCC(=O)OCC(=O)N1CCCC1. The Bertz CT molecular complexity index is 272. The molecule has 1 aliphatic rings. The normalized spacial score (nSPS) is 15.2. The van der Waals surface area contributed by atoms with Crippen LogP contribution in [0.4, 0.5) is 0 Å². The van der Waals surface area contributed by atoms with Crippen molar-refractivity contribution in [3.8, 4) is 0 Å². The van der Waals surface area contributed by atoms with Crippen LogP contribution < -0.4 is 0 Å². The molecule has 0 aromatic heterocycles. The maximum absolute atomic E-state index is 11.6. The molecule has 104 valence electrons. The minimum absolute atomic E-state index is 0.0936. The number of ether oxygens (including phenoxy) is 2. The van der Waals surface area contributed by atoms with Gasteiger partial charge in [0, 0.05) is 19.7 Å². The van der Waals surface area contributed by atoms with E-state index in [9.17, 15) is 9.59 Å². The number of carbonyl (C=O) groups excluding carboxylic acids is 2. The Hall–Kier alpha value is -1.10. The third-order valence-corrected chi connectivity index (χ3v) is 2.72. The van der Waals surface area contributed by atoms with E-state index in [1.807, 2.05) is 13.8 Å². The topological polar surface area (TPSA) is 55.8 Å². The molecule has 5 nitrogen and oxygen atoms in total. The van der Waals surface area contributed by atoms with Gasteiger partial charge in [-0.05, 0) is 18.8 Å². The lowest BCUT2D eigenvalue weighted by molar-refractivity contribution is -0.152. The lowest BCUT2D eigenvalue weighted by Crippen LogP contribution is -2.32. The van der Waals surface area contributed by atoms with Crippen LogP contribution in [0.5, 0.6) is 0 Å². The molecule has 0 atom stereocenters. The minimum atomic E-state index is -0.369. The van der Waals surface area contributed by atoms with Gasteiger partial charge < -0.3 is 14.4 Å². The van der Waals surface area contributed by atoms with E-state index in [4.69, 9.17) is 9.47 Å². The minimum Gasteiger partial charge on any atom is -0.455 e. The molecule has 1 aliphatic heterocycles. The van der Waals surface area contributed by atoms with Gasteiger partial charge in [-0.3, -0.25) is 9.59 Å².